The van der Waals surface area contributed by atoms with Gasteiger partial charge in [0.15, 0.2) is 0 Å². The number of para-hydroxylation sites is 1. The molecule has 2 amide bonds. The molecule has 2 N–H and O–H groups in total. The van der Waals surface area contributed by atoms with Gasteiger partial charge in [-0.15, -0.1) is 0 Å². The summed E-state index contributed by atoms with van der Waals surface area (Å²) < 4.78 is 5.29. The van der Waals surface area contributed by atoms with E-state index in [1.54, 1.807) is 26.2 Å². The second kappa shape index (κ2) is 8.82. The molecule has 26 heavy (non-hydrogen) atoms. The Bertz CT molecular complexity index is 794. The zero-order chi connectivity index (χ0) is 19.1. The molecule has 8 heteroatoms. The molecule has 0 fully saturated rings. The first-order chi connectivity index (χ1) is 12.5. The Morgan fingerprint density at radius 3 is 2.65 bits per heavy atom. The monoisotopic (exact) mass is 359 g/mol. The van der Waals surface area contributed by atoms with Gasteiger partial charge < -0.3 is 20.1 Å². The number of nitrogens with one attached hydrogen (secondary N) is 1. The lowest BCUT2D eigenvalue weighted by atomic mass is 10.1. The van der Waals surface area contributed by atoms with Gasteiger partial charge >= 0.3 is 6.03 Å². The number of nitro benzene ring substituents is 1. The van der Waals surface area contributed by atoms with Gasteiger partial charge in [0.2, 0.25) is 0 Å². The summed E-state index contributed by atoms with van der Waals surface area (Å²) >= 11 is 0. The molecule has 138 valence electrons. The minimum atomic E-state index is -0.495. The van der Waals surface area contributed by atoms with Crippen LogP contribution >= 0.6 is 0 Å². The Labute approximate surface area is 151 Å². The van der Waals surface area contributed by atoms with Crippen LogP contribution in [0.2, 0.25) is 0 Å². The molecule has 0 aromatic heterocycles. The molecule has 0 unspecified atom stereocenters. The highest BCUT2D eigenvalue weighted by Gasteiger charge is 2.19. The number of benzene rings is 2. The number of nitrogens with zero attached hydrogens (tertiary/aromatic N) is 2. The number of amides is 2. The van der Waals surface area contributed by atoms with Crippen LogP contribution in [0.15, 0.2) is 42.5 Å². The number of carbonyl (C=O) groups excluding carboxylic acids is 1. The molecule has 0 aliphatic rings. The fourth-order valence-electron chi connectivity index (χ4n) is 2.56. The Morgan fingerprint density at radius 2 is 2.00 bits per heavy atom. The third-order valence-corrected chi connectivity index (χ3v) is 3.95. The topological polar surface area (TPSA) is 105 Å². The molecule has 0 aliphatic carbocycles. The summed E-state index contributed by atoms with van der Waals surface area (Å²) in [7, 11) is 1.54. The SMILES string of the molecule is COc1ccccc1CN(CCO)C(=O)Nc1cccc([N+](=O)[O-])c1C. The number of urea groups is 1. The van der Waals surface area contributed by atoms with Crippen molar-refractivity contribution in [3.05, 3.63) is 63.7 Å². The molecular formula is C18H21N3O5. The fraction of sp³-hybridized carbons (Fsp3) is 0.278. The maximum absolute atomic E-state index is 12.6. The van der Waals surface area contributed by atoms with Gasteiger partial charge in [0.1, 0.15) is 5.75 Å². The minimum Gasteiger partial charge on any atom is -0.496 e. The van der Waals surface area contributed by atoms with E-state index < -0.39 is 11.0 Å². The lowest BCUT2D eigenvalue weighted by Crippen LogP contribution is -2.36. The zero-order valence-electron chi connectivity index (χ0n) is 14.6. The van der Waals surface area contributed by atoms with Crippen molar-refractivity contribution < 1.29 is 19.6 Å². The molecule has 0 atom stereocenters. The van der Waals surface area contributed by atoms with Crippen molar-refractivity contribution in [3.63, 3.8) is 0 Å². The van der Waals surface area contributed by atoms with E-state index >= 15 is 0 Å². The smallest absolute Gasteiger partial charge is 0.322 e. The number of aliphatic hydroxyl groups is 1. The van der Waals surface area contributed by atoms with Gasteiger partial charge in [-0.05, 0) is 19.1 Å². The van der Waals surface area contributed by atoms with Crippen LogP contribution in [-0.4, -0.2) is 41.2 Å². The molecule has 2 rings (SSSR count). The maximum atomic E-state index is 12.6. The number of hydrogen-bond acceptors (Lipinski definition) is 5. The van der Waals surface area contributed by atoms with Gasteiger partial charge in [0, 0.05) is 18.2 Å². The molecule has 0 spiro atoms. The van der Waals surface area contributed by atoms with Crippen molar-refractivity contribution in [2.24, 2.45) is 0 Å². The summed E-state index contributed by atoms with van der Waals surface area (Å²) in [5, 5.41) is 23.0. The van der Waals surface area contributed by atoms with E-state index in [9.17, 15) is 20.0 Å². The summed E-state index contributed by atoms with van der Waals surface area (Å²) in [4.78, 5) is 24.6. The van der Waals surface area contributed by atoms with Crippen LogP contribution in [0, 0.1) is 17.0 Å². The van der Waals surface area contributed by atoms with Crippen LogP contribution in [0.25, 0.3) is 0 Å². The highest BCUT2D eigenvalue weighted by Crippen LogP contribution is 2.26. The third-order valence-electron chi connectivity index (χ3n) is 3.95. The van der Waals surface area contributed by atoms with Crippen molar-refractivity contribution in [2.75, 3.05) is 25.6 Å². The van der Waals surface area contributed by atoms with Crippen LogP contribution in [-0.2, 0) is 6.54 Å². The highest BCUT2D eigenvalue weighted by molar-refractivity contribution is 5.90. The number of rotatable bonds is 7. The van der Waals surface area contributed by atoms with E-state index in [1.807, 2.05) is 18.2 Å². The highest BCUT2D eigenvalue weighted by atomic mass is 16.6. The molecule has 0 radical (unpaired) electrons. The van der Waals surface area contributed by atoms with Crippen molar-refractivity contribution in [1.29, 1.82) is 0 Å². The molecule has 0 heterocycles. The van der Waals surface area contributed by atoms with Gasteiger partial charge in [-0.1, -0.05) is 24.3 Å². The van der Waals surface area contributed by atoms with Crippen LogP contribution in [0.1, 0.15) is 11.1 Å². The van der Waals surface area contributed by atoms with E-state index in [4.69, 9.17) is 4.74 Å². The molecule has 0 saturated heterocycles. The van der Waals surface area contributed by atoms with Gasteiger partial charge in [-0.2, -0.15) is 0 Å². The van der Waals surface area contributed by atoms with Crippen molar-refractivity contribution in [1.82, 2.24) is 4.90 Å². The number of nitro groups is 1. The second-order valence-electron chi connectivity index (χ2n) is 5.59. The second-order valence-corrected chi connectivity index (χ2v) is 5.59. The van der Waals surface area contributed by atoms with Crippen LogP contribution < -0.4 is 10.1 Å². The molecular weight excluding hydrogens is 338 g/mol. The molecule has 0 bridgehead atoms. The zero-order valence-corrected chi connectivity index (χ0v) is 14.6. The predicted octanol–water partition coefficient (Wildman–Crippen LogP) is 2.94. The van der Waals surface area contributed by atoms with E-state index in [0.717, 1.165) is 5.56 Å². The van der Waals surface area contributed by atoms with E-state index in [1.165, 1.54) is 17.0 Å². The van der Waals surface area contributed by atoms with Crippen molar-refractivity contribution in [3.8, 4) is 5.75 Å². The summed E-state index contributed by atoms with van der Waals surface area (Å²) in [6.07, 6.45) is 0. The number of hydrogen-bond donors (Lipinski definition) is 2. The lowest BCUT2D eigenvalue weighted by Gasteiger charge is -2.23. The summed E-state index contributed by atoms with van der Waals surface area (Å²) in [6, 6.07) is 11.3. The molecule has 2 aromatic rings. The number of ether oxygens (including phenoxy) is 1. The number of methoxy groups -OCH3 is 1. The first-order valence-electron chi connectivity index (χ1n) is 8.00. The number of anilines is 1. The van der Waals surface area contributed by atoms with Crippen LogP contribution in [0.5, 0.6) is 5.75 Å². The molecule has 0 saturated carbocycles. The van der Waals surface area contributed by atoms with Crippen LogP contribution in [0.4, 0.5) is 16.2 Å². The Morgan fingerprint density at radius 1 is 1.27 bits per heavy atom. The molecule has 8 nitrogen and oxygen atoms in total. The van der Waals surface area contributed by atoms with Gasteiger partial charge in [-0.25, -0.2) is 4.79 Å². The van der Waals surface area contributed by atoms with E-state index in [-0.39, 0.29) is 25.4 Å². The normalized spacial score (nSPS) is 10.3. The summed E-state index contributed by atoms with van der Waals surface area (Å²) in [5.41, 5.74) is 1.44. The quantitative estimate of drug-likeness (QED) is 0.584. The van der Waals surface area contributed by atoms with Crippen LogP contribution in [0.3, 0.4) is 0 Å². The van der Waals surface area contributed by atoms with Gasteiger partial charge in [0.05, 0.1) is 36.4 Å². The third kappa shape index (κ3) is 4.48. The molecule has 0 aliphatic heterocycles. The minimum absolute atomic E-state index is 0.0683. The first kappa shape index (κ1) is 19.2. The summed E-state index contributed by atoms with van der Waals surface area (Å²) in [5.74, 6) is 0.634. The fourth-order valence-corrected chi connectivity index (χ4v) is 2.56. The van der Waals surface area contributed by atoms with Gasteiger partial charge in [-0.3, -0.25) is 10.1 Å². The Kier molecular flexibility index (Phi) is 6.51. The average molecular weight is 359 g/mol. The van der Waals surface area contributed by atoms with Gasteiger partial charge in [0.25, 0.3) is 5.69 Å². The largest absolute Gasteiger partial charge is 0.496 e. The standard InChI is InChI=1S/C18H21N3O5/c1-13-15(7-5-8-16(13)21(24)25)19-18(23)20(10-11-22)12-14-6-3-4-9-17(14)26-2/h3-9,22H,10-12H2,1-2H3,(H,19,23). The average Bonchev–Trinajstić information content (AvgIpc) is 2.63. The lowest BCUT2D eigenvalue weighted by molar-refractivity contribution is -0.385. The maximum Gasteiger partial charge on any atom is 0.322 e. The Balaban J connectivity index is 2.21. The Hall–Kier alpha value is -3.13. The molecule has 2 aromatic carbocycles. The van der Waals surface area contributed by atoms with E-state index in [2.05, 4.69) is 5.32 Å². The van der Waals surface area contributed by atoms with Crippen molar-refractivity contribution in [2.45, 2.75) is 13.5 Å². The first-order valence-corrected chi connectivity index (χ1v) is 8.00. The predicted molar refractivity (Wildman–Crippen MR) is 97.3 cm³/mol. The van der Waals surface area contributed by atoms with Crippen molar-refractivity contribution >= 4 is 17.4 Å². The van der Waals surface area contributed by atoms with E-state index in [0.29, 0.717) is 17.0 Å². The number of aliphatic hydroxyl groups excluding tert-OH is 1. The summed E-state index contributed by atoms with van der Waals surface area (Å²) in [6.45, 7) is 1.70. The number of carbonyl (C=O) groups is 1.